The molecule has 1 heterocycles. The summed E-state index contributed by atoms with van der Waals surface area (Å²) >= 11 is 0. The molecule has 0 fully saturated rings. The average molecular weight is 513 g/mol. The van der Waals surface area contributed by atoms with Gasteiger partial charge in [-0.3, -0.25) is 0 Å². The summed E-state index contributed by atoms with van der Waals surface area (Å²) in [5, 5.41) is 1.25. The minimum absolute atomic E-state index is 1.13. The molecule has 0 aliphatic rings. The summed E-state index contributed by atoms with van der Waals surface area (Å²) in [6, 6.07) is 58.1. The van der Waals surface area contributed by atoms with Crippen LogP contribution in [-0.4, -0.2) is 4.57 Å². The second kappa shape index (κ2) is 10.4. The van der Waals surface area contributed by atoms with Gasteiger partial charge in [-0.1, -0.05) is 103 Å². The van der Waals surface area contributed by atoms with Crippen molar-refractivity contribution in [3.05, 3.63) is 170 Å². The maximum atomic E-state index is 2.28. The van der Waals surface area contributed by atoms with Crippen molar-refractivity contribution in [2.75, 3.05) is 4.90 Å². The van der Waals surface area contributed by atoms with Gasteiger partial charge in [0, 0.05) is 28.9 Å². The zero-order valence-electron chi connectivity index (χ0n) is 22.1. The predicted molar refractivity (Wildman–Crippen MR) is 169 cm³/mol. The first-order valence-corrected chi connectivity index (χ1v) is 13.6. The van der Waals surface area contributed by atoms with E-state index in [1.165, 1.54) is 38.8 Å². The van der Waals surface area contributed by atoms with Crippen molar-refractivity contribution in [3.8, 4) is 27.9 Å². The number of para-hydroxylation sites is 3. The van der Waals surface area contributed by atoms with E-state index in [2.05, 4.69) is 179 Å². The van der Waals surface area contributed by atoms with Crippen molar-refractivity contribution < 1.29 is 0 Å². The highest BCUT2D eigenvalue weighted by molar-refractivity contribution is 5.82. The molecule has 0 amide bonds. The maximum Gasteiger partial charge on any atom is 0.0528 e. The van der Waals surface area contributed by atoms with Gasteiger partial charge in [0.15, 0.2) is 0 Å². The van der Waals surface area contributed by atoms with Crippen molar-refractivity contribution in [2.24, 2.45) is 0 Å². The molecule has 7 rings (SSSR count). The Morgan fingerprint density at radius 2 is 0.775 bits per heavy atom. The molecule has 7 aromatic rings. The summed E-state index contributed by atoms with van der Waals surface area (Å²) in [7, 11) is 0. The maximum absolute atomic E-state index is 2.28. The molecule has 0 unspecified atom stereocenters. The van der Waals surface area contributed by atoms with E-state index in [1.54, 1.807) is 0 Å². The molecule has 2 nitrogen and oxygen atoms in total. The fourth-order valence-electron chi connectivity index (χ4n) is 5.38. The molecule has 0 saturated carbocycles. The lowest BCUT2D eigenvalue weighted by molar-refractivity contribution is 1.13. The molecular weight excluding hydrogens is 484 g/mol. The summed E-state index contributed by atoms with van der Waals surface area (Å²) in [6.45, 7) is 0. The average Bonchev–Trinajstić information content (AvgIpc) is 3.47. The Bertz CT molecular complexity index is 1810. The van der Waals surface area contributed by atoms with E-state index in [4.69, 9.17) is 0 Å². The SMILES string of the molecule is c1ccc(N(c2ccccc2)c2ccc(-c3ccc(-c4ccc(-n5ccc6ccccc65)cc4)cc3)cc2)cc1. The Morgan fingerprint density at radius 3 is 1.32 bits per heavy atom. The third-order valence-electron chi connectivity index (χ3n) is 7.45. The summed E-state index contributed by atoms with van der Waals surface area (Å²) < 4.78 is 2.24. The number of hydrogen-bond donors (Lipinski definition) is 0. The van der Waals surface area contributed by atoms with E-state index < -0.39 is 0 Å². The zero-order chi connectivity index (χ0) is 26.7. The Labute approximate surface area is 235 Å². The number of aromatic nitrogens is 1. The molecule has 40 heavy (non-hydrogen) atoms. The monoisotopic (exact) mass is 512 g/mol. The van der Waals surface area contributed by atoms with Gasteiger partial charge in [0.1, 0.15) is 0 Å². The molecule has 1 aromatic heterocycles. The van der Waals surface area contributed by atoms with E-state index in [0.717, 1.165) is 17.1 Å². The van der Waals surface area contributed by atoms with Crippen LogP contribution in [0.5, 0.6) is 0 Å². The Kier molecular flexibility index (Phi) is 6.20. The van der Waals surface area contributed by atoms with E-state index in [0.29, 0.717) is 0 Å². The number of rotatable bonds is 6. The van der Waals surface area contributed by atoms with Crippen LogP contribution in [0.2, 0.25) is 0 Å². The van der Waals surface area contributed by atoms with Crippen molar-refractivity contribution >= 4 is 28.0 Å². The van der Waals surface area contributed by atoms with E-state index in [-0.39, 0.29) is 0 Å². The number of hydrogen-bond acceptors (Lipinski definition) is 1. The number of nitrogens with zero attached hydrogens (tertiary/aromatic N) is 2. The van der Waals surface area contributed by atoms with E-state index >= 15 is 0 Å². The van der Waals surface area contributed by atoms with Gasteiger partial charge in [0.2, 0.25) is 0 Å². The Morgan fingerprint density at radius 1 is 0.350 bits per heavy atom. The van der Waals surface area contributed by atoms with Crippen LogP contribution in [0.15, 0.2) is 170 Å². The quantitative estimate of drug-likeness (QED) is 0.215. The van der Waals surface area contributed by atoms with Gasteiger partial charge in [-0.25, -0.2) is 0 Å². The van der Waals surface area contributed by atoms with Crippen LogP contribution in [-0.2, 0) is 0 Å². The molecule has 0 N–H and O–H groups in total. The molecule has 0 saturated heterocycles. The fourth-order valence-corrected chi connectivity index (χ4v) is 5.38. The smallest absolute Gasteiger partial charge is 0.0528 e. The molecule has 0 aliphatic heterocycles. The lowest BCUT2D eigenvalue weighted by atomic mass is 10.00. The van der Waals surface area contributed by atoms with Crippen molar-refractivity contribution in [3.63, 3.8) is 0 Å². The van der Waals surface area contributed by atoms with Gasteiger partial charge >= 0.3 is 0 Å². The molecule has 2 heteroatoms. The highest BCUT2D eigenvalue weighted by Crippen LogP contribution is 2.35. The van der Waals surface area contributed by atoms with Crippen molar-refractivity contribution in [1.29, 1.82) is 0 Å². The molecule has 0 bridgehead atoms. The second-order valence-electron chi connectivity index (χ2n) is 9.92. The number of fused-ring (bicyclic) bond motifs is 1. The third kappa shape index (κ3) is 4.57. The number of anilines is 3. The van der Waals surface area contributed by atoms with Crippen LogP contribution in [0.3, 0.4) is 0 Å². The molecule has 0 radical (unpaired) electrons. The van der Waals surface area contributed by atoms with Gasteiger partial charge < -0.3 is 9.47 Å². The number of benzene rings is 6. The second-order valence-corrected chi connectivity index (χ2v) is 9.92. The first kappa shape index (κ1) is 23.8. The summed E-state index contributed by atoms with van der Waals surface area (Å²) in [6.07, 6.45) is 2.14. The highest BCUT2D eigenvalue weighted by atomic mass is 15.1. The standard InChI is InChI=1S/C38H28N2/c1-3-10-35(11-4-1)40(36-12-5-2-6-13-36)37-25-21-32(22-26-37)30-17-15-29(16-18-30)31-19-23-34(24-20-31)39-28-27-33-9-7-8-14-38(33)39/h1-28H. The summed E-state index contributed by atoms with van der Waals surface area (Å²) in [5.74, 6) is 0. The van der Waals surface area contributed by atoms with Gasteiger partial charge in [-0.2, -0.15) is 0 Å². The van der Waals surface area contributed by atoms with Gasteiger partial charge in [0.25, 0.3) is 0 Å². The van der Waals surface area contributed by atoms with Gasteiger partial charge in [0.05, 0.1) is 5.52 Å². The minimum Gasteiger partial charge on any atom is -0.317 e. The molecular formula is C38H28N2. The summed E-state index contributed by atoms with van der Waals surface area (Å²) in [4.78, 5) is 2.28. The van der Waals surface area contributed by atoms with Crippen LogP contribution in [0, 0.1) is 0 Å². The van der Waals surface area contributed by atoms with Crippen LogP contribution in [0.1, 0.15) is 0 Å². The van der Waals surface area contributed by atoms with Crippen LogP contribution in [0.4, 0.5) is 17.1 Å². The normalized spacial score (nSPS) is 11.0. The first-order valence-electron chi connectivity index (χ1n) is 13.6. The van der Waals surface area contributed by atoms with Gasteiger partial charge in [-0.15, -0.1) is 0 Å². The van der Waals surface area contributed by atoms with Crippen molar-refractivity contribution in [1.82, 2.24) is 4.57 Å². The topological polar surface area (TPSA) is 8.17 Å². The van der Waals surface area contributed by atoms with Crippen LogP contribution in [0.25, 0.3) is 38.8 Å². The van der Waals surface area contributed by atoms with Gasteiger partial charge in [-0.05, 0) is 88.3 Å². The molecule has 6 aromatic carbocycles. The molecule has 0 spiro atoms. The van der Waals surface area contributed by atoms with Crippen molar-refractivity contribution in [2.45, 2.75) is 0 Å². The largest absolute Gasteiger partial charge is 0.317 e. The van der Waals surface area contributed by atoms with E-state index in [9.17, 15) is 0 Å². The third-order valence-corrected chi connectivity index (χ3v) is 7.45. The summed E-state index contributed by atoms with van der Waals surface area (Å²) in [5.41, 5.74) is 10.6. The molecule has 0 aliphatic carbocycles. The minimum atomic E-state index is 1.13. The highest BCUT2D eigenvalue weighted by Gasteiger charge is 2.12. The lowest BCUT2D eigenvalue weighted by Crippen LogP contribution is -2.09. The Balaban J connectivity index is 1.13. The van der Waals surface area contributed by atoms with E-state index in [1.807, 2.05) is 0 Å². The zero-order valence-corrected chi connectivity index (χ0v) is 22.1. The van der Waals surface area contributed by atoms with Crippen LogP contribution < -0.4 is 4.90 Å². The lowest BCUT2D eigenvalue weighted by Gasteiger charge is -2.25. The molecule has 190 valence electrons. The predicted octanol–water partition coefficient (Wildman–Crippen LogP) is 10.4. The molecule has 0 atom stereocenters. The fraction of sp³-hybridized carbons (Fsp3) is 0. The first-order chi connectivity index (χ1) is 19.8. The van der Waals surface area contributed by atoms with Crippen LogP contribution >= 0.6 is 0 Å². The Hall–Kier alpha value is -5.34.